The quantitative estimate of drug-likeness (QED) is 0.794. The number of nitrogens with zero attached hydrogens (tertiary/aromatic N) is 1. The minimum atomic E-state index is -3.60. The first kappa shape index (κ1) is 16.1. The molecule has 1 atom stereocenters. The number of methoxy groups -OCH3 is 1. The number of ether oxygens (including phenoxy) is 1. The standard InChI is InChI=1S/C14H23N3O3S/c1-3-17-8-4-5-11(10-17)16-21(18,19)14-7-6-12(20-2)9-13(14)15/h6-7,9,11,16H,3-5,8,10,15H2,1-2H3. The number of hydrogen-bond donors (Lipinski definition) is 2. The van der Waals surface area contributed by atoms with Crippen LogP contribution in [0.3, 0.4) is 0 Å². The first-order valence-electron chi connectivity index (χ1n) is 7.14. The third-order valence-electron chi connectivity index (χ3n) is 3.78. The number of benzene rings is 1. The Labute approximate surface area is 126 Å². The zero-order valence-electron chi connectivity index (χ0n) is 12.5. The van der Waals surface area contributed by atoms with Gasteiger partial charge in [-0.25, -0.2) is 13.1 Å². The van der Waals surface area contributed by atoms with Crippen molar-refractivity contribution < 1.29 is 13.2 Å². The van der Waals surface area contributed by atoms with Crippen LogP contribution in [-0.2, 0) is 10.0 Å². The van der Waals surface area contributed by atoms with E-state index in [1.807, 2.05) is 0 Å². The number of likely N-dealkylation sites (N-methyl/N-ethyl adjacent to an activating group) is 1. The lowest BCUT2D eigenvalue weighted by Gasteiger charge is -2.32. The number of likely N-dealkylation sites (tertiary alicyclic amines) is 1. The number of rotatable bonds is 5. The molecule has 0 amide bonds. The first-order valence-corrected chi connectivity index (χ1v) is 8.62. The van der Waals surface area contributed by atoms with Gasteiger partial charge in [0.1, 0.15) is 10.6 Å². The van der Waals surface area contributed by atoms with E-state index in [1.54, 1.807) is 6.07 Å². The molecular formula is C14H23N3O3S. The third kappa shape index (κ3) is 3.87. The molecule has 3 N–H and O–H groups in total. The third-order valence-corrected chi connectivity index (χ3v) is 5.38. The fraction of sp³-hybridized carbons (Fsp3) is 0.571. The fourth-order valence-electron chi connectivity index (χ4n) is 2.62. The summed E-state index contributed by atoms with van der Waals surface area (Å²) in [4.78, 5) is 2.35. The van der Waals surface area contributed by atoms with Crippen molar-refractivity contribution in [2.75, 3.05) is 32.5 Å². The van der Waals surface area contributed by atoms with Crippen molar-refractivity contribution in [2.45, 2.75) is 30.7 Å². The first-order chi connectivity index (χ1) is 9.96. The second-order valence-electron chi connectivity index (χ2n) is 5.26. The topological polar surface area (TPSA) is 84.7 Å². The van der Waals surface area contributed by atoms with Crippen molar-refractivity contribution in [3.63, 3.8) is 0 Å². The van der Waals surface area contributed by atoms with Crippen molar-refractivity contribution in [2.24, 2.45) is 0 Å². The number of nitrogens with one attached hydrogen (secondary N) is 1. The molecule has 0 aliphatic carbocycles. The van der Waals surface area contributed by atoms with Crippen LogP contribution < -0.4 is 15.2 Å². The maximum atomic E-state index is 12.5. The molecule has 21 heavy (non-hydrogen) atoms. The number of sulfonamides is 1. The smallest absolute Gasteiger partial charge is 0.242 e. The molecule has 0 radical (unpaired) electrons. The molecule has 1 fully saturated rings. The summed E-state index contributed by atoms with van der Waals surface area (Å²) in [6, 6.07) is 4.54. The molecule has 1 aromatic carbocycles. The van der Waals surface area contributed by atoms with Gasteiger partial charge in [0, 0.05) is 18.7 Å². The summed E-state index contributed by atoms with van der Waals surface area (Å²) in [7, 11) is -2.09. The van der Waals surface area contributed by atoms with E-state index in [2.05, 4.69) is 16.5 Å². The maximum Gasteiger partial charge on any atom is 0.242 e. The van der Waals surface area contributed by atoms with Crippen LogP contribution in [0.1, 0.15) is 19.8 Å². The number of piperidine rings is 1. The van der Waals surface area contributed by atoms with Gasteiger partial charge < -0.3 is 15.4 Å². The Morgan fingerprint density at radius 3 is 2.86 bits per heavy atom. The molecule has 7 heteroatoms. The molecule has 1 aliphatic heterocycles. The summed E-state index contributed by atoms with van der Waals surface area (Å²) in [5, 5.41) is 0. The number of hydrogen-bond acceptors (Lipinski definition) is 5. The SMILES string of the molecule is CCN1CCCC(NS(=O)(=O)c2ccc(OC)cc2N)C1. The van der Waals surface area contributed by atoms with Crippen molar-refractivity contribution >= 4 is 15.7 Å². The monoisotopic (exact) mass is 313 g/mol. The van der Waals surface area contributed by atoms with Gasteiger partial charge in [-0.05, 0) is 38.1 Å². The zero-order chi connectivity index (χ0) is 15.5. The highest BCUT2D eigenvalue weighted by molar-refractivity contribution is 7.89. The largest absolute Gasteiger partial charge is 0.497 e. The summed E-state index contributed by atoms with van der Waals surface area (Å²) >= 11 is 0. The van der Waals surface area contributed by atoms with Gasteiger partial charge in [-0.1, -0.05) is 6.92 Å². The van der Waals surface area contributed by atoms with E-state index in [0.717, 1.165) is 32.5 Å². The van der Waals surface area contributed by atoms with Crippen LogP contribution in [0.25, 0.3) is 0 Å². The predicted octanol–water partition coefficient (Wildman–Crippen LogP) is 1.04. The highest BCUT2D eigenvalue weighted by atomic mass is 32.2. The lowest BCUT2D eigenvalue weighted by molar-refractivity contribution is 0.211. The Balaban J connectivity index is 2.14. The van der Waals surface area contributed by atoms with E-state index >= 15 is 0 Å². The molecule has 0 bridgehead atoms. The van der Waals surface area contributed by atoms with E-state index in [-0.39, 0.29) is 16.6 Å². The lowest BCUT2D eigenvalue weighted by Crippen LogP contribution is -2.47. The van der Waals surface area contributed by atoms with Gasteiger partial charge >= 0.3 is 0 Å². The summed E-state index contributed by atoms with van der Waals surface area (Å²) in [6.45, 7) is 4.78. The summed E-state index contributed by atoms with van der Waals surface area (Å²) in [6.07, 6.45) is 1.85. The maximum absolute atomic E-state index is 12.5. The lowest BCUT2D eigenvalue weighted by atomic mass is 10.1. The Hall–Kier alpha value is -1.31. The molecule has 1 aromatic rings. The average Bonchev–Trinajstić information content (AvgIpc) is 2.46. The molecule has 0 spiro atoms. The molecule has 1 heterocycles. The number of anilines is 1. The minimum absolute atomic E-state index is 0.0646. The van der Waals surface area contributed by atoms with E-state index in [4.69, 9.17) is 10.5 Å². The van der Waals surface area contributed by atoms with Crippen LogP contribution in [0.5, 0.6) is 5.75 Å². The number of nitrogen functional groups attached to an aromatic ring is 1. The Morgan fingerprint density at radius 1 is 1.48 bits per heavy atom. The Bertz CT molecular complexity index is 589. The Kier molecular flexibility index (Phi) is 5.08. The van der Waals surface area contributed by atoms with E-state index in [9.17, 15) is 8.42 Å². The molecule has 0 aromatic heterocycles. The predicted molar refractivity (Wildman–Crippen MR) is 82.9 cm³/mol. The zero-order valence-corrected chi connectivity index (χ0v) is 13.3. The summed E-state index contributed by atoms with van der Waals surface area (Å²) < 4.78 is 32.7. The summed E-state index contributed by atoms with van der Waals surface area (Å²) in [5.74, 6) is 0.543. The summed E-state index contributed by atoms with van der Waals surface area (Å²) in [5.41, 5.74) is 6.03. The van der Waals surface area contributed by atoms with E-state index < -0.39 is 10.0 Å². The van der Waals surface area contributed by atoms with Crippen molar-refractivity contribution in [3.05, 3.63) is 18.2 Å². The van der Waals surface area contributed by atoms with Crippen LogP contribution in [-0.4, -0.2) is 46.1 Å². The molecular weight excluding hydrogens is 290 g/mol. The van der Waals surface area contributed by atoms with Gasteiger partial charge in [0.05, 0.1) is 12.8 Å². The van der Waals surface area contributed by atoms with Gasteiger partial charge in [-0.3, -0.25) is 0 Å². The van der Waals surface area contributed by atoms with Crippen molar-refractivity contribution in [1.29, 1.82) is 0 Å². The van der Waals surface area contributed by atoms with Gasteiger partial charge in [-0.2, -0.15) is 0 Å². The van der Waals surface area contributed by atoms with Gasteiger partial charge in [0.15, 0.2) is 0 Å². The van der Waals surface area contributed by atoms with Gasteiger partial charge in [0.2, 0.25) is 10.0 Å². The molecule has 1 unspecified atom stereocenters. The minimum Gasteiger partial charge on any atom is -0.497 e. The van der Waals surface area contributed by atoms with Crippen LogP contribution >= 0.6 is 0 Å². The normalized spacial score (nSPS) is 20.4. The van der Waals surface area contributed by atoms with Gasteiger partial charge in [-0.15, -0.1) is 0 Å². The average molecular weight is 313 g/mol. The van der Waals surface area contributed by atoms with Crippen molar-refractivity contribution in [1.82, 2.24) is 9.62 Å². The molecule has 2 rings (SSSR count). The van der Waals surface area contributed by atoms with Crippen LogP contribution in [0.4, 0.5) is 5.69 Å². The van der Waals surface area contributed by atoms with E-state index in [1.165, 1.54) is 19.2 Å². The van der Waals surface area contributed by atoms with Crippen LogP contribution in [0.2, 0.25) is 0 Å². The fourth-order valence-corrected chi connectivity index (χ4v) is 3.99. The molecule has 118 valence electrons. The van der Waals surface area contributed by atoms with Gasteiger partial charge in [0.25, 0.3) is 0 Å². The highest BCUT2D eigenvalue weighted by Crippen LogP contribution is 2.24. The molecule has 0 saturated carbocycles. The van der Waals surface area contributed by atoms with E-state index in [0.29, 0.717) is 5.75 Å². The molecule has 1 saturated heterocycles. The van der Waals surface area contributed by atoms with Crippen molar-refractivity contribution in [3.8, 4) is 5.75 Å². The highest BCUT2D eigenvalue weighted by Gasteiger charge is 2.26. The molecule has 6 nitrogen and oxygen atoms in total. The van der Waals surface area contributed by atoms with Crippen LogP contribution in [0.15, 0.2) is 23.1 Å². The number of nitrogens with two attached hydrogens (primary N) is 1. The second kappa shape index (κ2) is 6.64. The Morgan fingerprint density at radius 2 is 2.24 bits per heavy atom. The second-order valence-corrected chi connectivity index (χ2v) is 6.94. The van der Waals surface area contributed by atoms with Crippen LogP contribution in [0, 0.1) is 0 Å². The molecule has 1 aliphatic rings.